The fourth-order valence-corrected chi connectivity index (χ4v) is 3.76. The Balaban J connectivity index is 1.71. The third kappa shape index (κ3) is 4.17. The van der Waals surface area contributed by atoms with Gasteiger partial charge < -0.3 is 5.11 Å². The maximum Gasteiger partial charge on any atom is 0.423 e. The molecule has 4 aromatic rings. The lowest BCUT2D eigenvalue weighted by Crippen LogP contribution is -2.42. The average Bonchev–Trinajstić information content (AvgIpc) is 3.25. The average molecular weight is 451 g/mol. The number of aromatic nitrogens is 4. The number of pyridine rings is 1. The highest BCUT2D eigenvalue weighted by atomic mass is 19.4. The van der Waals surface area contributed by atoms with Crippen LogP contribution in [0.5, 0.6) is 0 Å². The molecule has 0 radical (unpaired) electrons. The number of aliphatic hydroxyl groups is 1. The van der Waals surface area contributed by atoms with Crippen molar-refractivity contribution in [2.24, 2.45) is 0 Å². The molecular weight excluding hydrogens is 431 g/mol. The molecule has 0 saturated carbocycles. The Labute approximate surface area is 187 Å². The predicted molar refractivity (Wildman–Crippen MR) is 116 cm³/mol. The van der Waals surface area contributed by atoms with Crippen molar-refractivity contribution in [1.29, 1.82) is 5.26 Å². The van der Waals surface area contributed by atoms with Crippen LogP contribution in [0.3, 0.4) is 0 Å². The monoisotopic (exact) mass is 451 g/mol. The van der Waals surface area contributed by atoms with Gasteiger partial charge in [0, 0.05) is 5.39 Å². The third-order valence-electron chi connectivity index (χ3n) is 5.61. The van der Waals surface area contributed by atoms with E-state index in [-0.39, 0.29) is 12.2 Å². The highest BCUT2D eigenvalue weighted by Crippen LogP contribution is 2.40. The first-order valence-corrected chi connectivity index (χ1v) is 10.2. The lowest BCUT2D eigenvalue weighted by molar-refractivity contribution is -0.269. The van der Waals surface area contributed by atoms with Crippen LogP contribution in [0.1, 0.15) is 35.9 Å². The number of fused-ring (bicyclic) bond motifs is 1. The quantitative estimate of drug-likeness (QED) is 0.467. The van der Waals surface area contributed by atoms with E-state index in [9.17, 15) is 23.5 Å². The van der Waals surface area contributed by atoms with Gasteiger partial charge in [-0.25, -0.2) is 9.67 Å². The van der Waals surface area contributed by atoms with E-state index in [1.165, 1.54) is 11.6 Å². The summed E-state index contributed by atoms with van der Waals surface area (Å²) in [6.07, 6.45) is -4.35. The van der Waals surface area contributed by atoms with Gasteiger partial charge in [0.2, 0.25) is 5.60 Å². The number of halogens is 3. The summed E-state index contributed by atoms with van der Waals surface area (Å²) in [6.45, 7) is 3.35. The minimum absolute atomic E-state index is 0.124. The third-order valence-corrected chi connectivity index (χ3v) is 5.61. The molecule has 0 amide bonds. The van der Waals surface area contributed by atoms with Crippen molar-refractivity contribution < 1.29 is 18.3 Å². The zero-order valence-corrected chi connectivity index (χ0v) is 17.9. The van der Waals surface area contributed by atoms with Crippen LogP contribution < -0.4 is 0 Å². The minimum Gasteiger partial charge on any atom is -0.375 e. The summed E-state index contributed by atoms with van der Waals surface area (Å²) in [5, 5.41) is 27.7. The summed E-state index contributed by atoms with van der Waals surface area (Å²) in [4.78, 5) is 4.40. The molecular formula is C24H20F3N5O. The fourth-order valence-electron chi connectivity index (χ4n) is 3.76. The maximum absolute atomic E-state index is 13.3. The largest absolute Gasteiger partial charge is 0.423 e. The van der Waals surface area contributed by atoms with Crippen LogP contribution in [0.2, 0.25) is 0 Å². The van der Waals surface area contributed by atoms with E-state index in [1.807, 2.05) is 43.3 Å². The van der Waals surface area contributed by atoms with Crippen molar-refractivity contribution in [3.63, 3.8) is 0 Å². The number of nitriles is 1. The Morgan fingerprint density at radius 1 is 1.12 bits per heavy atom. The number of hydrogen-bond acceptors (Lipinski definition) is 5. The standard InChI is InChI=1S/C24H20F3N5O/c1-3-23(33,24(25,26)27)22-14-32(31-30-22)13-16-7-8-19-20(17-6-4-5-15(2)9-17)11-18(12-28)29-21(19)10-16/h4-11,14,33H,3,13H2,1-2H3. The molecule has 0 bridgehead atoms. The number of aryl methyl sites for hydroxylation is 1. The Morgan fingerprint density at radius 2 is 1.91 bits per heavy atom. The first-order chi connectivity index (χ1) is 15.6. The Morgan fingerprint density at radius 3 is 2.58 bits per heavy atom. The summed E-state index contributed by atoms with van der Waals surface area (Å²) < 4.78 is 41.2. The lowest BCUT2D eigenvalue weighted by atomic mass is 9.96. The summed E-state index contributed by atoms with van der Waals surface area (Å²) in [6, 6.07) is 17.2. The second-order valence-corrected chi connectivity index (χ2v) is 7.90. The molecule has 4 rings (SSSR count). The summed E-state index contributed by atoms with van der Waals surface area (Å²) in [5.74, 6) is 0. The summed E-state index contributed by atoms with van der Waals surface area (Å²) >= 11 is 0. The number of rotatable bonds is 5. The van der Waals surface area contributed by atoms with Crippen LogP contribution in [0.25, 0.3) is 22.0 Å². The molecule has 1 atom stereocenters. The van der Waals surface area contributed by atoms with E-state index in [0.29, 0.717) is 11.1 Å². The Bertz CT molecular complexity index is 1370. The van der Waals surface area contributed by atoms with E-state index < -0.39 is 23.9 Å². The molecule has 6 nitrogen and oxygen atoms in total. The van der Waals surface area contributed by atoms with Crippen molar-refractivity contribution in [2.75, 3.05) is 0 Å². The summed E-state index contributed by atoms with van der Waals surface area (Å²) in [5.41, 5.74) is 0.863. The molecule has 168 valence electrons. The van der Waals surface area contributed by atoms with Crippen molar-refractivity contribution in [1.82, 2.24) is 20.0 Å². The molecule has 0 aliphatic carbocycles. The van der Waals surface area contributed by atoms with Gasteiger partial charge in [0.05, 0.1) is 18.3 Å². The van der Waals surface area contributed by atoms with Crippen molar-refractivity contribution in [3.8, 4) is 17.2 Å². The van der Waals surface area contributed by atoms with E-state index in [1.54, 1.807) is 12.1 Å². The van der Waals surface area contributed by atoms with Gasteiger partial charge in [-0.15, -0.1) is 5.10 Å². The zero-order chi connectivity index (χ0) is 23.8. The van der Waals surface area contributed by atoms with Gasteiger partial charge in [0.15, 0.2) is 0 Å². The maximum atomic E-state index is 13.3. The molecule has 1 unspecified atom stereocenters. The smallest absolute Gasteiger partial charge is 0.375 e. The van der Waals surface area contributed by atoms with Crippen LogP contribution in [0.15, 0.2) is 54.7 Å². The molecule has 1 N–H and O–H groups in total. The zero-order valence-electron chi connectivity index (χ0n) is 17.9. The molecule has 0 aliphatic heterocycles. The van der Waals surface area contributed by atoms with Gasteiger partial charge in [-0.05, 0) is 42.2 Å². The molecule has 9 heteroatoms. The molecule has 0 spiro atoms. The number of benzene rings is 2. The molecule has 2 aromatic heterocycles. The van der Waals surface area contributed by atoms with Crippen molar-refractivity contribution in [3.05, 3.63) is 77.2 Å². The van der Waals surface area contributed by atoms with Crippen LogP contribution in [-0.2, 0) is 12.1 Å². The van der Waals surface area contributed by atoms with Gasteiger partial charge in [0.25, 0.3) is 0 Å². The number of hydrogen-bond donors (Lipinski definition) is 1. The van der Waals surface area contributed by atoms with Crippen LogP contribution in [0.4, 0.5) is 13.2 Å². The Kier molecular flexibility index (Phi) is 5.64. The fraction of sp³-hybridized carbons (Fsp3) is 0.250. The number of alkyl halides is 3. The molecule has 0 saturated heterocycles. The minimum atomic E-state index is -4.87. The summed E-state index contributed by atoms with van der Waals surface area (Å²) in [7, 11) is 0. The SMILES string of the molecule is CCC(O)(c1cn(Cc2ccc3c(-c4cccc(C)c4)cc(C#N)nc3c2)nn1)C(F)(F)F. The van der Waals surface area contributed by atoms with Gasteiger partial charge >= 0.3 is 6.18 Å². The van der Waals surface area contributed by atoms with E-state index >= 15 is 0 Å². The van der Waals surface area contributed by atoms with Crippen LogP contribution in [0, 0.1) is 18.3 Å². The van der Waals surface area contributed by atoms with Crippen molar-refractivity contribution in [2.45, 2.75) is 38.6 Å². The van der Waals surface area contributed by atoms with Crippen molar-refractivity contribution >= 4 is 10.9 Å². The molecule has 33 heavy (non-hydrogen) atoms. The van der Waals surface area contributed by atoms with E-state index in [4.69, 9.17) is 0 Å². The van der Waals surface area contributed by atoms with Gasteiger partial charge in [-0.2, -0.15) is 18.4 Å². The first-order valence-electron chi connectivity index (χ1n) is 10.2. The van der Waals surface area contributed by atoms with Crippen LogP contribution >= 0.6 is 0 Å². The van der Waals surface area contributed by atoms with E-state index in [2.05, 4.69) is 21.4 Å². The van der Waals surface area contributed by atoms with Gasteiger partial charge in [0.1, 0.15) is 17.5 Å². The van der Waals surface area contributed by atoms with E-state index in [0.717, 1.165) is 28.3 Å². The molecule has 2 heterocycles. The van der Waals surface area contributed by atoms with Gasteiger partial charge in [-0.1, -0.05) is 54.1 Å². The second-order valence-electron chi connectivity index (χ2n) is 7.90. The molecule has 0 aliphatic rings. The first kappa shape index (κ1) is 22.4. The Hall–Kier alpha value is -3.77. The number of nitrogens with zero attached hydrogens (tertiary/aromatic N) is 5. The predicted octanol–water partition coefficient (Wildman–Crippen LogP) is 4.88. The topological polar surface area (TPSA) is 87.6 Å². The normalized spacial score (nSPS) is 13.6. The molecule has 0 fully saturated rings. The second kappa shape index (κ2) is 8.30. The highest BCUT2D eigenvalue weighted by Gasteiger charge is 2.55. The highest BCUT2D eigenvalue weighted by molar-refractivity contribution is 5.95. The lowest BCUT2D eigenvalue weighted by Gasteiger charge is -2.26. The molecule has 2 aromatic carbocycles. The van der Waals surface area contributed by atoms with Gasteiger partial charge in [-0.3, -0.25) is 0 Å². The van der Waals surface area contributed by atoms with Crippen LogP contribution in [-0.4, -0.2) is 31.3 Å².